The van der Waals surface area contributed by atoms with Crippen molar-refractivity contribution in [2.75, 3.05) is 0 Å². The largest absolute Gasteiger partial charge is 0.410 e. The summed E-state index contributed by atoms with van der Waals surface area (Å²) in [4.78, 5) is 5.47. The summed E-state index contributed by atoms with van der Waals surface area (Å²) in [5.74, 6) is 0.0432. The Morgan fingerprint density at radius 3 is 2.34 bits per heavy atom. The lowest BCUT2D eigenvalue weighted by Crippen LogP contribution is -2.44. The third-order valence-corrected chi connectivity index (χ3v) is 15.7. The lowest BCUT2D eigenvalue weighted by atomic mass is 9.70. The van der Waals surface area contributed by atoms with Crippen molar-refractivity contribution >= 4 is 30.9 Å². The maximum absolute atomic E-state index is 14.0. The molecule has 38 heavy (non-hydrogen) atoms. The van der Waals surface area contributed by atoms with Crippen LogP contribution < -0.4 is 0 Å². The zero-order valence-electron chi connectivity index (χ0n) is 24.7. The molecule has 3 nitrogen and oxygen atoms in total. The Labute approximate surface area is 244 Å². The summed E-state index contributed by atoms with van der Waals surface area (Å²) in [6.07, 6.45) is 5.02. The predicted molar refractivity (Wildman–Crippen MR) is 164 cm³/mol. The van der Waals surface area contributed by atoms with E-state index in [4.69, 9.17) is 14.1 Å². The van der Waals surface area contributed by atoms with Crippen molar-refractivity contribution in [2.45, 2.75) is 126 Å². The zero-order valence-corrected chi connectivity index (χ0v) is 27.8. The van der Waals surface area contributed by atoms with E-state index in [1.165, 1.54) is 22.4 Å². The second kappa shape index (κ2) is 9.63. The van der Waals surface area contributed by atoms with Gasteiger partial charge in [-0.25, -0.2) is 4.39 Å². The molecule has 1 aliphatic heterocycles. The molecule has 6 heteroatoms. The first kappa shape index (κ1) is 28.7. The maximum atomic E-state index is 14.0. The van der Waals surface area contributed by atoms with E-state index in [1.807, 2.05) is 12.1 Å². The van der Waals surface area contributed by atoms with Crippen LogP contribution in [-0.4, -0.2) is 17.2 Å². The first-order valence-corrected chi connectivity index (χ1v) is 18.5. The highest BCUT2D eigenvalue weighted by Gasteiger charge is 2.57. The van der Waals surface area contributed by atoms with Gasteiger partial charge in [-0.15, -0.1) is 0 Å². The molecule has 5 rings (SSSR count). The van der Waals surface area contributed by atoms with Crippen LogP contribution in [-0.2, 0) is 21.2 Å². The number of hydrogen-bond acceptors (Lipinski definition) is 3. The quantitative estimate of drug-likeness (QED) is 0.188. The van der Waals surface area contributed by atoms with E-state index in [1.54, 1.807) is 12.1 Å². The second-order valence-corrected chi connectivity index (χ2v) is 20.8. The van der Waals surface area contributed by atoms with E-state index >= 15 is 0 Å². The predicted octanol–water partition coefficient (Wildman–Crippen LogP) is 9.68. The van der Waals surface area contributed by atoms with Crippen molar-refractivity contribution in [1.82, 2.24) is 4.98 Å². The van der Waals surface area contributed by atoms with Gasteiger partial charge < -0.3 is 9.16 Å². The fourth-order valence-electron chi connectivity index (χ4n) is 6.64. The lowest BCUT2D eigenvalue weighted by Gasteiger charge is -2.45. The summed E-state index contributed by atoms with van der Waals surface area (Å²) >= 11 is 2.64. The van der Waals surface area contributed by atoms with Crippen molar-refractivity contribution in [3.8, 4) is 0 Å². The van der Waals surface area contributed by atoms with Crippen LogP contribution in [0.1, 0.15) is 126 Å². The van der Waals surface area contributed by atoms with Gasteiger partial charge in [-0.05, 0) is 79.3 Å². The van der Waals surface area contributed by atoms with E-state index in [9.17, 15) is 4.39 Å². The number of nitrogens with zero attached hydrogens (tertiary/aromatic N) is 1. The molecule has 2 aliphatic carbocycles. The Morgan fingerprint density at radius 1 is 1.13 bits per heavy atom. The number of fused-ring (bicyclic) bond motifs is 4. The van der Waals surface area contributed by atoms with Gasteiger partial charge in [0.2, 0.25) is 0 Å². The van der Waals surface area contributed by atoms with Crippen molar-refractivity contribution in [1.29, 1.82) is 0 Å². The highest BCUT2D eigenvalue weighted by molar-refractivity contribution is 14.1. The number of alkyl halides is 1. The van der Waals surface area contributed by atoms with Gasteiger partial charge in [0.15, 0.2) is 8.32 Å². The molecule has 3 unspecified atom stereocenters. The third-order valence-electron chi connectivity index (χ3n) is 9.57. The molecule has 0 N–H and O–H groups in total. The number of halogens is 2. The van der Waals surface area contributed by atoms with Gasteiger partial charge in [0.05, 0.1) is 6.10 Å². The van der Waals surface area contributed by atoms with Crippen LogP contribution in [0.2, 0.25) is 18.1 Å². The third kappa shape index (κ3) is 4.73. The van der Waals surface area contributed by atoms with E-state index < -0.39 is 8.32 Å². The summed E-state index contributed by atoms with van der Waals surface area (Å²) in [6.45, 7) is 20.9. The van der Waals surface area contributed by atoms with Gasteiger partial charge in [0, 0.05) is 32.0 Å². The number of hydrogen-bond donors (Lipinski definition) is 0. The number of rotatable bonds is 4. The number of aromatic nitrogens is 1. The molecule has 2 aromatic rings. The van der Waals surface area contributed by atoms with Crippen LogP contribution in [0, 0.1) is 11.2 Å². The smallest absolute Gasteiger partial charge is 0.192 e. The van der Waals surface area contributed by atoms with Crippen LogP contribution in [0.15, 0.2) is 24.3 Å². The van der Waals surface area contributed by atoms with Crippen LogP contribution in [0.25, 0.3) is 0 Å². The summed E-state index contributed by atoms with van der Waals surface area (Å²) in [7, 11) is -2.06. The fourth-order valence-corrected chi connectivity index (χ4v) is 9.11. The molecule has 1 spiro atoms. The van der Waals surface area contributed by atoms with Crippen LogP contribution in [0.3, 0.4) is 0 Å². The highest BCUT2D eigenvalue weighted by Crippen LogP contribution is 2.62. The van der Waals surface area contributed by atoms with E-state index in [-0.39, 0.29) is 40.0 Å². The van der Waals surface area contributed by atoms with Gasteiger partial charge in [0.25, 0.3) is 0 Å². The van der Waals surface area contributed by atoms with E-state index in [2.05, 4.69) is 84.2 Å². The fraction of sp³-hybridized carbons (Fsp3) is 0.656. The van der Waals surface area contributed by atoms with Gasteiger partial charge in [-0.3, -0.25) is 4.98 Å². The van der Waals surface area contributed by atoms with Gasteiger partial charge in [-0.1, -0.05) is 83.2 Å². The van der Waals surface area contributed by atoms with Crippen molar-refractivity contribution in [3.63, 3.8) is 0 Å². The molecule has 4 atom stereocenters. The Kier molecular flexibility index (Phi) is 7.27. The molecular formula is C32H45FINO2Si. The molecule has 2 heterocycles. The Hall–Kier alpha value is -0.833. The van der Waals surface area contributed by atoms with Crippen LogP contribution >= 0.6 is 22.6 Å². The average Bonchev–Trinajstić information content (AvgIpc) is 3.32. The minimum atomic E-state index is -2.06. The Bertz CT molecular complexity index is 1220. The highest BCUT2D eigenvalue weighted by atomic mass is 127. The normalized spacial score (nSPS) is 28.7. The Balaban J connectivity index is 1.80. The molecule has 1 saturated carbocycles. The van der Waals surface area contributed by atoms with Crippen molar-refractivity contribution < 1.29 is 13.6 Å². The molecule has 1 aromatic carbocycles. The number of ether oxygens (including phenoxy) is 1. The monoisotopic (exact) mass is 649 g/mol. The molecular weight excluding hydrogens is 604 g/mol. The molecule has 1 fully saturated rings. The maximum Gasteiger partial charge on any atom is 0.192 e. The summed E-state index contributed by atoms with van der Waals surface area (Å²) in [6, 6.07) is 6.92. The van der Waals surface area contributed by atoms with Crippen molar-refractivity contribution in [2.24, 2.45) is 5.41 Å². The average molecular weight is 650 g/mol. The molecule has 0 bridgehead atoms. The molecule has 0 radical (unpaired) electrons. The standard InChI is InChI=1S/C32H45FINO2Si/c1-19(2)28-26-27(32(16-10-11-24(32)34)36-29(26)20-12-14-21(33)15-13-20)25-22(35-28)17-31(6,7)18-23(25)37-38(8,9)30(3,4)5/h12-15,19,23-24,29H,10-11,16-18H2,1-9H3/t23?,24?,29-,32?/m1/s1. The lowest BCUT2D eigenvalue weighted by molar-refractivity contribution is -0.0515. The molecule has 1 aromatic heterocycles. The Morgan fingerprint density at radius 2 is 1.79 bits per heavy atom. The van der Waals surface area contributed by atoms with Gasteiger partial charge in [0.1, 0.15) is 17.5 Å². The minimum Gasteiger partial charge on any atom is -0.410 e. The second-order valence-electron chi connectivity index (χ2n) is 14.5. The topological polar surface area (TPSA) is 31.4 Å². The van der Waals surface area contributed by atoms with Gasteiger partial charge in [-0.2, -0.15) is 0 Å². The minimum absolute atomic E-state index is 0.00810. The molecule has 3 aliphatic rings. The summed E-state index contributed by atoms with van der Waals surface area (Å²) in [5.41, 5.74) is 7.05. The van der Waals surface area contributed by atoms with E-state index in [0.29, 0.717) is 3.92 Å². The van der Waals surface area contributed by atoms with Crippen molar-refractivity contribution in [3.05, 3.63) is 63.7 Å². The molecule has 0 amide bonds. The number of pyridine rings is 1. The summed E-state index contributed by atoms with van der Waals surface area (Å²) < 4.78 is 28.9. The first-order chi connectivity index (χ1) is 17.6. The molecule has 208 valence electrons. The first-order valence-electron chi connectivity index (χ1n) is 14.4. The van der Waals surface area contributed by atoms with Crippen LogP contribution in [0.5, 0.6) is 0 Å². The molecule has 0 saturated heterocycles. The SMILES string of the molecule is CC(C)c1nc2c(c3c1[C@@H](c1ccc(F)cc1)OC31CCCC1I)C(O[Si](C)(C)C(C)(C)C)CC(C)(C)C2. The van der Waals surface area contributed by atoms with Gasteiger partial charge >= 0.3 is 0 Å². The van der Waals surface area contributed by atoms with E-state index in [0.717, 1.165) is 43.4 Å². The zero-order chi connectivity index (χ0) is 27.8. The van der Waals surface area contributed by atoms with Crippen LogP contribution in [0.4, 0.5) is 4.39 Å². The summed E-state index contributed by atoms with van der Waals surface area (Å²) in [5, 5.41) is 0.118. The number of benzene rings is 1.